The topological polar surface area (TPSA) is 66.9 Å². The molecule has 0 bridgehead atoms. The molecule has 0 spiro atoms. The van der Waals surface area contributed by atoms with Crippen LogP contribution in [0, 0.1) is 0 Å². The molecule has 0 saturated carbocycles. The Labute approximate surface area is 198 Å². The molecule has 1 heterocycles. The van der Waals surface area contributed by atoms with Crippen molar-refractivity contribution in [2.75, 3.05) is 18.1 Å². The molecule has 0 aliphatic heterocycles. The highest BCUT2D eigenvalue weighted by Gasteiger charge is 2.14. The predicted molar refractivity (Wildman–Crippen MR) is 141 cm³/mol. The first-order chi connectivity index (χ1) is 15.8. The van der Waals surface area contributed by atoms with Crippen LogP contribution in [-0.2, 0) is 11.8 Å². The van der Waals surface area contributed by atoms with Crippen LogP contribution < -0.4 is 10.7 Å². The third-order valence-electron chi connectivity index (χ3n) is 5.62. The van der Waals surface area contributed by atoms with Crippen LogP contribution >= 0.6 is 0 Å². The fourth-order valence-corrected chi connectivity index (χ4v) is 3.56. The molecule has 0 amide bonds. The summed E-state index contributed by atoms with van der Waals surface area (Å²) in [5.74, 6) is 0.811. The number of amidine groups is 1. The van der Waals surface area contributed by atoms with E-state index in [-0.39, 0.29) is 5.41 Å². The van der Waals surface area contributed by atoms with E-state index in [9.17, 15) is 0 Å². The van der Waals surface area contributed by atoms with E-state index in [1.54, 1.807) is 5.01 Å². The first kappa shape index (κ1) is 24.3. The van der Waals surface area contributed by atoms with Gasteiger partial charge in [0.25, 0.3) is 0 Å². The molecule has 5 nitrogen and oxygen atoms in total. The minimum Gasteiger partial charge on any atom is -0.330 e. The molecule has 2 aromatic carbocycles. The van der Waals surface area contributed by atoms with Gasteiger partial charge >= 0.3 is 0 Å². The van der Waals surface area contributed by atoms with Gasteiger partial charge in [0.05, 0.1) is 11.4 Å². The van der Waals surface area contributed by atoms with E-state index in [2.05, 4.69) is 103 Å². The molecule has 0 atom stereocenters. The van der Waals surface area contributed by atoms with Crippen molar-refractivity contribution >= 4 is 18.2 Å². The molecule has 0 unspecified atom stereocenters. The molecule has 3 rings (SSSR count). The molecule has 172 valence electrons. The van der Waals surface area contributed by atoms with Gasteiger partial charge < -0.3 is 5.73 Å². The summed E-state index contributed by atoms with van der Waals surface area (Å²) >= 11 is 0. The molecule has 0 fully saturated rings. The van der Waals surface area contributed by atoms with Crippen LogP contribution in [0.2, 0.25) is 0 Å². The van der Waals surface area contributed by atoms with Crippen molar-refractivity contribution in [2.45, 2.75) is 46.0 Å². The monoisotopic (exact) mass is 441 g/mol. The smallest absolute Gasteiger partial charge is 0.122 e. The summed E-state index contributed by atoms with van der Waals surface area (Å²) in [7, 11) is 0. The molecule has 0 aliphatic rings. The average molecular weight is 442 g/mol. The SMILES string of the molecule is C=NN(C(C)=NCCCN)c1ccc(Cc2ccc(-c3ccc(C(C)(C)C)cn3)cc2)cc1. The Morgan fingerprint density at radius 1 is 0.970 bits per heavy atom. The first-order valence-electron chi connectivity index (χ1n) is 11.4. The van der Waals surface area contributed by atoms with E-state index in [0.29, 0.717) is 13.1 Å². The summed E-state index contributed by atoms with van der Waals surface area (Å²) in [6.45, 7) is 13.6. The molecule has 0 radical (unpaired) electrons. The third kappa shape index (κ3) is 6.59. The quantitative estimate of drug-likeness (QED) is 0.207. The summed E-state index contributed by atoms with van der Waals surface area (Å²) in [5, 5.41) is 5.88. The lowest BCUT2D eigenvalue weighted by molar-refractivity contribution is 0.587. The van der Waals surface area contributed by atoms with Crippen molar-refractivity contribution < 1.29 is 0 Å². The van der Waals surface area contributed by atoms with Gasteiger partial charge in [-0.3, -0.25) is 9.98 Å². The number of nitrogens with zero attached hydrogens (tertiary/aromatic N) is 4. The van der Waals surface area contributed by atoms with Crippen molar-refractivity contribution in [3.63, 3.8) is 0 Å². The molecule has 0 aliphatic carbocycles. The summed E-state index contributed by atoms with van der Waals surface area (Å²) in [6, 6.07) is 21.3. The van der Waals surface area contributed by atoms with E-state index >= 15 is 0 Å². The minimum absolute atomic E-state index is 0.111. The number of hydrogen-bond acceptors (Lipinski definition) is 4. The van der Waals surface area contributed by atoms with Crippen molar-refractivity contribution in [1.29, 1.82) is 0 Å². The zero-order valence-corrected chi connectivity index (χ0v) is 20.3. The number of benzene rings is 2. The largest absolute Gasteiger partial charge is 0.330 e. The second kappa shape index (κ2) is 11.0. The zero-order valence-electron chi connectivity index (χ0n) is 20.3. The normalized spacial score (nSPS) is 12.0. The Bertz CT molecular complexity index is 1060. The Morgan fingerprint density at radius 3 is 2.12 bits per heavy atom. The van der Waals surface area contributed by atoms with Crippen molar-refractivity contribution in [1.82, 2.24) is 4.98 Å². The van der Waals surface area contributed by atoms with Crippen molar-refractivity contribution in [2.24, 2.45) is 15.8 Å². The van der Waals surface area contributed by atoms with Gasteiger partial charge in [-0.2, -0.15) is 5.10 Å². The van der Waals surface area contributed by atoms with Gasteiger partial charge in [0.1, 0.15) is 5.84 Å². The maximum absolute atomic E-state index is 5.55. The second-order valence-electron chi connectivity index (χ2n) is 9.25. The van der Waals surface area contributed by atoms with Gasteiger partial charge in [0, 0.05) is 25.0 Å². The average Bonchev–Trinajstić information content (AvgIpc) is 2.81. The Morgan fingerprint density at radius 2 is 1.61 bits per heavy atom. The summed E-state index contributed by atoms with van der Waals surface area (Å²) < 4.78 is 0. The van der Waals surface area contributed by atoms with E-state index in [0.717, 1.165) is 35.6 Å². The van der Waals surface area contributed by atoms with Crippen LogP contribution in [0.4, 0.5) is 5.69 Å². The maximum atomic E-state index is 5.55. The van der Waals surface area contributed by atoms with Crippen LogP contribution in [0.5, 0.6) is 0 Å². The molecular weight excluding hydrogens is 406 g/mol. The van der Waals surface area contributed by atoms with E-state index in [1.807, 2.05) is 13.1 Å². The molecule has 33 heavy (non-hydrogen) atoms. The molecule has 2 N–H and O–H groups in total. The predicted octanol–water partition coefficient (Wildman–Crippen LogP) is 5.83. The van der Waals surface area contributed by atoms with Gasteiger partial charge in [-0.15, -0.1) is 0 Å². The van der Waals surface area contributed by atoms with Gasteiger partial charge in [0.2, 0.25) is 0 Å². The molecule has 0 saturated heterocycles. The first-order valence-corrected chi connectivity index (χ1v) is 11.4. The van der Waals surface area contributed by atoms with Gasteiger partial charge in [-0.25, -0.2) is 5.01 Å². The summed E-state index contributed by atoms with van der Waals surface area (Å²) in [6.07, 6.45) is 3.71. The number of aromatic nitrogens is 1. The zero-order chi connectivity index (χ0) is 23.8. The number of hydrazone groups is 1. The number of anilines is 1. The molecule has 1 aromatic heterocycles. The standard InChI is InChI=1S/C28H35N5/c1-21(31-18-6-17-29)33(30-5)26-14-9-23(10-15-26)19-22-7-11-24(12-8-22)27-16-13-25(20-32-27)28(2,3)4/h7-16,20H,5-6,17-19,29H2,1-4H3. The molecular formula is C28H35N5. The number of nitrogens with two attached hydrogens (primary N) is 1. The van der Waals surface area contributed by atoms with Crippen LogP contribution in [0.1, 0.15) is 50.8 Å². The van der Waals surface area contributed by atoms with Crippen molar-refractivity contribution in [3.05, 3.63) is 83.6 Å². The van der Waals surface area contributed by atoms with Crippen LogP contribution in [0.25, 0.3) is 11.3 Å². The van der Waals surface area contributed by atoms with Gasteiger partial charge in [-0.05, 0) is 66.6 Å². The molecule has 3 aromatic rings. The highest BCUT2D eigenvalue weighted by atomic mass is 15.5. The summed E-state index contributed by atoms with van der Waals surface area (Å²) in [5.41, 5.74) is 12.5. The fraction of sp³-hybridized carbons (Fsp3) is 0.321. The highest BCUT2D eigenvalue weighted by Crippen LogP contribution is 2.25. The number of hydrogen-bond donors (Lipinski definition) is 1. The van der Waals surface area contributed by atoms with E-state index < -0.39 is 0 Å². The van der Waals surface area contributed by atoms with Gasteiger partial charge in [0.15, 0.2) is 0 Å². The third-order valence-corrected chi connectivity index (χ3v) is 5.62. The Hall–Kier alpha value is -3.31. The van der Waals surface area contributed by atoms with Crippen LogP contribution in [0.15, 0.2) is 77.0 Å². The highest BCUT2D eigenvalue weighted by molar-refractivity contribution is 5.95. The van der Waals surface area contributed by atoms with Crippen LogP contribution in [-0.4, -0.2) is 30.6 Å². The second-order valence-corrected chi connectivity index (χ2v) is 9.25. The fourth-order valence-electron chi connectivity index (χ4n) is 3.56. The van der Waals surface area contributed by atoms with Gasteiger partial charge in [-0.1, -0.05) is 63.2 Å². The maximum Gasteiger partial charge on any atom is 0.122 e. The number of rotatable bonds is 8. The molecule has 5 heteroatoms. The lowest BCUT2D eigenvalue weighted by atomic mass is 9.88. The lowest BCUT2D eigenvalue weighted by Gasteiger charge is -2.18. The minimum atomic E-state index is 0.111. The van der Waals surface area contributed by atoms with E-state index in [1.165, 1.54) is 16.7 Å². The van der Waals surface area contributed by atoms with Crippen molar-refractivity contribution in [3.8, 4) is 11.3 Å². The Balaban J connectivity index is 1.66. The van der Waals surface area contributed by atoms with E-state index in [4.69, 9.17) is 5.73 Å². The lowest BCUT2D eigenvalue weighted by Crippen LogP contribution is -2.22. The summed E-state index contributed by atoms with van der Waals surface area (Å²) in [4.78, 5) is 9.19. The number of aliphatic imine (C=N–C) groups is 1. The van der Waals surface area contributed by atoms with Crippen LogP contribution in [0.3, 0.4) is 0 Å². The number of pyridine rings is 1. The Kier molecular flexibility index (Phi) is 8.12.